The van der Waals surface area contributed by atoms with Crippen LogP contribution < -0.4 is 4.90 Å². The van der Waals surface area contributed by atoms with Gasteiger partial charge < -0.3 is 15.0 Å². The lowest BCUT2D eigenvalue weighted by Crippen LogP contribution is -2.31. The second-order valence-corrected chi connectivity index (χ2v) is 11.7. The molecular weight excluding hydrogens is 506 g/mol. The summed E-state index contributed by atoms with van der Waals surface area (Å²) >= 11 is 0. The summed E-state index contributed by atoms with van der Waals surface area (Å²) in [5, 5.41) is 16.7. The van der Waals surface area contributed by atoms with Gasteiger partial charge in [0.15, 0.2) is 0 Å². The molecule has 2 N–H and O–H groups in total. The highest BCUT2D eigenvalue weighted by molar-refractivity contribution is 5.99. The Hall–Kier alpha value is -3.90. The monoisotopic (exact) mass is 547 g/mol. The maximum absolute atomic E-state index is 10.2. The fourth-order valence-corrected chi connectivity index (χ4v) is 6.60. The lowest BCUT2D eigenvalue weighted by Gasteiger charge is -2.30. The average Bonchev–Trinajstić information content (AvgIpc) is 3.61. The molecule has 3 aromatic heterocycles. The van der Waals surface area contributed by atoms with Crippen LogP contribution in [0.25, 0.3) is 27.8 Å². The van der Waals surface area contributed by atoms with E-state index in [0.717, 1.165) is 71.6 Å². The predicted molar refractivity (Wildman–Crippen MR) is 168 cm³/mol. The van der Waals surface area contributed by atoms with Crippen molar-refractivity contribution in [1.29, 1.82) is 0 Å². The molecule has 0 aliphatic carbocycles. The molecular formula is C35H41N5O. The van der Waals surface area contributed by atoms with Crippen LogP contribution in [0.3, 0.4) is 0 Å². The first-order valence-electron chi connectivity index (χ1n) is 15.0. The molecule has 0 amide bonds. The number of fused-ring (bicyclic) bond motifs is 2. The van der Waals surface area contributed by atoms with Crippen molar-refractivity contribution in [2.75, 3.05) is 11.4 Å². The normalized spacial score (nSPS) is 13.4. The van der Waals surface area contributed by atoms with E-state index in [2.05, 4.69) is 92.5 Å². The van der Waals surface area contributed by atoms with Crippen LogP contribution >= 0.6 is 0 Å². The van der Waals surface area contributed by atoms with Crippen LogP contribution in [0.1, 0.15) is 78.3 Å². The number of nitrogens with zero attached hydrogens (tertiary/aromatic N) is 4. The van der Waals surface area contributed by atoms with Gasteiger partial charge in [-0.2, -0.15) is 5.10 Å². The summed E-state index contributed by atoms with van der Waals surface area (Å²) in [6.07, 6.45) is 6.76. The highest BCUT2D eigenvalue weighted by Gasteiger charge is 2.30. The van der Waals surface area contributed by atoms with E-state index in [4.69, 9.17) is 10.1 Å². The quantitative estimate of drug-likeness (QED) is 0.224. The van der Waals surface area contributed by atoms with E-state index in [9.17, 15) is 5.11 Å². The van der Waals surface area contributed by atoms with Gasteiger partial charge in [-0.1, -0.05) is 58.0 Å². The number of aliphatic hydroxyl groups excluding tert-OH is 1. The molecule has 0 bridgehead atoms. The molecule has 6 heteroatoms. The van der Waals surface area contributed by atoms with Crippen LogP contribution in [0.5, 0.6) is 0 Å². The first-order valence-corrected chi connectivity index (χ1v) is 15.0. The highest BCUT2D eigenvalue weighted by Crippen LogP contribution is 2.41. The number of pyridine rings is 1. The van der Waals surface area contributed by atoms with Gasteiger partial charge in [-0.15, -0.1) is 0 Å². The molecule has 0 saturated carbocycles. The van der Waals surface area contributed by atoms with Gasteiger partial charge in [-0.25, -0.2) is 9.67 Å². The largest absolute Gasteiger partial charge is 0.392 e. The minimum Gasteiger partial charge on any atom is -0.392 e. The number of hydrogen-bond acceptors (Lipinski definition) is 4. The Bertz CT molecular complexity index is 1720. The number of aromatic amines is 1. The number of nitrogens with one attached hydrogen (secondary N) is 1. The maximum atomic E-state index is 10.2. The summed E-state index contributed by atoms with van der Waals surface area (Å²) in [5.41, 5.74) is 14.1. The van der Waals surface area contributed by atoms with Crippen LogP contribution in [0, 0.1) is 13.8 Å². The Morgan fingerprint density at radius 1 is 1.00 bits per heavy atom. The summed E-state index contributed by atoms with van der Waals surface area (Å²) in [5.74, 6) is 1.51. The van der Waals surface area contributed by atoms with Crippen molar-refractivity contribution in [2.45, 2.75) is 79.9 Å². The van der Waals surface area contributed by atoms with Gasteiger partial charge in [-0.05, 0) is 66.5 Å². The molecule has 1 aliphatic rings. The SMILES string of the molecule is CCc1cccc(CC)c1-n1nc2c(c1-c1c(C)cc(CO)c3[nH]ccc13)CN(c1ncc(C(C)C)cc1C)CC2. The maximum Gasteiger partial charge on any atom is 0.131 e. The zero-order valence-electron chi connectivity index (χ0n) is 25.2. The molecule has 0 unspecified atom stereocenters. The van der Waals surface area contributed by atoms with Crippen LogP contribution in [0.15, 0.2) is 48.8 Å². The standard InChI is InChI=1S/C35H41N5O/c1-7-24-10-9-11-25(8-2)33(24)40-34(31-22(5)16-27(20-41)32-28(31)12-14-36-32)29-19-39(15-13-30(29)38-40)35-23(6)17-26(18-37-35)21(3)4/h9-12,14,16-18,21,36,41H,7-8,13,15,19-20H2,1-6H3. The molecule has 1 aliphatic heterocycles. The number of rotatable bonds is 7. The molecule has 6 nitrogen and oxygen atoms in total. The molecule has 5 aromatic rings. The lowest BCUT2D eigenvalue weighted by molar-refractivity contribution is 0.283. The topological polar surface area (TPSA) is 70.0 Å². The molecule has 0 fully saturated rings. The lowest BCUT2D eigenvalue weighted by atomic mass is 9.92. The summed E-state index contributed by atoms with van der Waals surface area (Å²) in [7, 11) is 0. The third-order valence-corrected chi connectivity index (χ3v) is 8.78. The van der Waals surface area contributed by atoms with Crippen LogP contribution in [0.4, 0.5) is 5.82 Å². The van der Waals surface area contributed by atoms with Gasteiger partial charge in [-0.3, -0.25) is 0 Å². The molecule has 6 rings (SSSR count). The smallest absolute Gasteiger partial charge is 0.131 e. The first-order chi connectivity index (χ1) is 19.9. The van der Waals surface area contributed by atoms with Crippen LogP contribution in [-0.2, 0) is 32.4 Å². The highest BCUT2D eigenvalue weighted by atomic mass is 16.3. The molecule has 0 radical (unpaired) electrons. The number of aromatic nitrogens is 4. The van der Waals surface area contributed by atoms with Crippen LogP contribution in [-0.4, -0.2) is 31.4 Å². The Morgan fingerprint density at radius 3 is 2.41 bits per heavy atom. The number of anilines is 1. The van der Waals surface area contributed by atoms with Crippen molar-refractivity contribution in [3.05, 3.63) is 93.4 Å². The third kappa shape index (κ3) is 4.55. The first kappa shape index (κ1) is 27.3. The number of benzene rings is 2. The van der Waals surface area contributed by atoms with E-state index < -0.39 is 0 Å². The predicted octanol–water partition coefficient (Wildman–Crippen LogP) is 7.34. The molecule has 0 spiro atoms. The summed E-state index contributed by atoms with van der Waals surface area (Å²) in [6.45, 7) is 14.9. The molecule has 4 heterocycles. The molecule has 212 valence electrons. The Morgan fingerprint density at radius 2 is 1.76 bits per heavy atom. The average molecular weight is 548 g/mol. The fraction of sp³-hybridized carbons (Fsp3) is 0.371. The van der Waals surface area contributed by atoms with Gasteiger partial charge in [0, 0.05) is 54.0 Å². The zero-order chi connectivity index (χ0) is 28.8. The van der Waals surface area contributed by atoms with Gasteiger partial charge in [0.1, 0.15) is 5.82 Å². The number of aryl methyl sites for hydroxylation is 4. The van der Waals surface area contributed by atoms with Gasteiger partial charge in [0.25, 0.3) is 0 Å². The zero-order valence-corrected chi connectivity index (χ0v) is 25.2. The van der Waals surface area contributed by atoms with Crippen molar-refractivity contribution >= 4 is 16.7 Å². The minimum absolute atomic E-state index is 0.000744. The van der Waals surface area contributed by atoms with E-state index in [1.54, 1.807) is 0 Å². The van der Waals surface area contributed by atoms with Gasteiger partial charge in [0.2, 0.25) is 0 Å². The van der Waals surface area contributed by atoms with Crippen molar-refractivity contribution in [3.8, 4) is 16.9 Å². The second kappa shape index (κ2) is 10.8. The number of para-hydroxylation sites is 1. The molecule has 0 atom stereocenters. The van der Waals surface area contributed by atoms with Gasteiger partial charge in [0.05, 0.1) is 29.2 Å². The van der Waals surface area contributed by atoms with Gasteiger partial charge >= 0.3 is 0 Å². The molecule has 41 heavy (non-hydrogen) atoms. The van der Waals surface area contributed by atoms with E-state index in [-0.39, 0.29) is 6.61 Å². The Balaban J connectivity index is 1.61. The number of hydrogen-bond donors (Lipinski definition) is 2. The van der Waals surface area contributed by atoms with E-state index >= 15 is 0 Å². The van der Waals surface area contributed by atoms with E-state index in [1.807, 2.05) is 12.4 Å². The number of aliphatic hydroxyl groups is 1. The number of H-pyrrole nitrogens is 1. The third-order valence-electron chi connectivity index (χ3n) is 8.78. The van der Waals surface area contributed by atoms with E-state index in [1.165, 1.54) is 39.1 Å². The Kier molecular flexibility index (Phi) is 7.20. The Labute approximate surface area is 243 Å². The molecule has 0 saturated heterocycles. The minimum atomic E-state index is -0.000744. The van der Waals surface area contributed by atoms with Crippen molar-refractivity contribution in [2.24, 2.45) is 0 Å². The van der Waals surface area contributed by atoms with E-state index in [0.29, 0.717) is 5.92 Å². The van der Waals surface area contributed by atoms with Crippen molar-refractivity contribution in [3.63, 3.8) is 0 Å². The molecule has 2 aromatic carbocycles. The fourth-order valence-electron chi connectivity index (χ4n) is 6.60. The van der Waals surface area contributed by atoms with Crippen LogP contribution in [0.2, 0.25) is 0 Å². The summed E-state index contributed by atoms with van der Waals surface area (Å²) < 4.78 is 2.25. The summed E-state index contributed by atoms with van der Waals surface area (Å²) in [6, 6.07) is 13.2. The van der Waals surface area contributed by atoms with Crippen molar-refractivity contribution < 1.29 is 5.11 Å². The second-order valence-electron chi connectivity index (χ2n) is 11.7. The summed E-state index contributed by atoms with van der Waals surface area (Å²) in [4.78, 5) is 10.8. The van der Waals surface area contributed by atoms with Crippen molar-refractivity contribution in [1.82, 2.24) is 19.7 Å².